The normalized spacial score (nSPS) is 15.0. The Bertz CT molecular complexity index is 2250. The van der Waals surface area contributed by atoms with Crippen LogP contribution in [0.15, 0.2) is 24.3 Å². The number of hydrogen-bond acceptors (Lipinski definition) is 17. The van der Waals surface area contributed by atoms with Crippen molar-refractivity contribution in [2.45, 2.75) is 147 Å². The number of phenolic OH excluding ortho intramolecular Hbond substituents is 1. The topological polar surface area (TPSA) is 515 Å². The summed E-state index contributed by atoms with van der Waals surface area (Å²) in [6.07, 6.45) is -4.34. The number of aliphatic hydroxyl groups excluding tert-OH is 2. The molecule has 1 aromatic carbocycles. The Kier molecular flexibility index (Phi) is 28.1. The summed E-state index contributed by atoms with van der Waals surface area (Å²) in [5, 5.41) is 59.4. The van der Waals surface area contributed by atoms with E-state index in [0.717, 1.165) is 6.92 Å². The molecule has 0 unspecified atom stereocenters. The van der Waals surface area contributed by atoms with E-state index in [1.807, 2.05) is 0 Å². The SMILES string of the molecule is CC(C)C[C@H](NC(=O)[C@@H](NC(=O)[C@H](CC(C)C)NC(=O)[C@@H](N)Cc1ccc(O)cc1)[C@@H](C)O)C(=O)N[C@@H](CC(N)=O)C(=O)N[C@@H](CC(N)=O)C(=O)NCC(=O)N[C@@H](CO)C(=O)N[C@@H](CCC(N)=O)C(=O)N[C@@H](C)C(=O)O. The van der Waals surface area contributed by atoms with Crippen LogP contribution in [0, 0.1) is 11.8 Å². The number of carbonyl (C=O) groups is 13. The fraction of sp³-hybridized carbons (Fsp3) is 0.587. The smallest absolute Gasteiger partial charge is 0.325 e. The molecule has 30 heteroatoms. The predicted molar refractivity (Wildman–Crippen MR) is 265 cm³/mol. The van der Waals surface area contributed by atoms with Gasteiger partial charge < -0.3 is 91.2 Å². The number of hydrogen-bond donors (Lipinski definition) is 17. The van der Waals surface area contributed by atoms with E-state index >= 15 is 0 Å². The number of rotatable bonds is 34. The Morgan fingerprint density at radius 1 is 0.526 bits per heavy atom. The maximum absolute atomic E-state index is 13.9. The van der Waals surface area contributed by atoms with Crippen molar-refractivity contribution < 1.29 is 82.8 Å². The fourth-order valence-corrected chi connectivity index (χ4v) is 6.88. The average molecular weight is 1080 g/mol. The highest BCUT2D eigenvalue weighted by atomic mass is 16.4. The van der Waals surface area contributed by atoms with E-state index in [9.17, 15) is 77.6 Å². The summed E-state index contributed by atoms with van der Waals surface area (Å²) in [6, 6.07) is -8.32. The average Bonchev–Trinajstić information content (AvgIpc) is 3.31. The van der Waals surface area contributed by atoms with Crippen molar-refractivity contribution >= 4 is 76.9 Å². The molecule has 0 saturated carbocycles. The molecule has 0 aliphatic carbocycles. The molecule has 76 heavy (non-hydrogen) atoms. The summed E-state index contributed by atoms with van der Waals surface area (Å²) < 4.78 is 0. The lowest BCUT2D eigenvalue weighted by atomic mass is 10.00. The zero-order valence-corrected chi connectivity index (χ0v) is 43.0. The lowest BCUT2D eigenvalue weighted by Gasteiger charge is -2.29. The number of benzene rings is 1. The van der Waals surface area contributed by atoms with Crippen LogP contribution in [-0.4, -0.2) is 171 Å². The predicted octanol–water partition coefficient (Wildman–Crippen LogP) is -7.16. The molecule has 0 aromatic heterocycles. The van der Waals surface area contributed by atoms with Crippen LogP contribution in [-0.2, 0) is 68.7 Å². The molecule has 0 spiro atoms. The van der Waals surface area contributed by atoms with Crippen LogP contribution in [0.1, 0.15) is 85.6 Å². The summed E-state index contributed by atoms with van der Waals surface area (Å²) in [5.41, 5.74) is 22.5. The molecular weight excluding hydrogens is 1010 g/mol. The molecule has 21 N–H and O–H groups in total. The molecule has 30 nitrogen and oxygen atoms in total. The third-order valence-corrected chi connectivity index (χ3v) is 10.8. The van der Waals surface area contributed by atoms with Crippen LogP contribution < -0.4 is 70.8 Å². The summed E-state index contributed by atoms with van der Waals surface area (Å²) in [7, 11) is 0. The second-order valence-electron chi connectivity index (χ2n) is 18.7. The highest BCUT2D eigenvalue weighted by Gasteiger charge is 2.36. The number of aliphatic carboxylic acids is 1. The molecule has 1 aromatic rings. The Hall–Kier alpha value is -7.99. The number of aromatic hydroxyl groups is 1. The number of nitrogens with one attached hydrogen (secondary N) is 9. The minimum absolute atomic E-state index is 0.000746. The molecule has 0 heterocycles. The van der Waals surface area contributed by atoms with Crippen molar-refractivity contribution in [3.63, 3.8) is 0 Å². The zero-order valence-electron chi connectivity index (χ0n) is 43.0. The zero-order chi connectivity index (χ0) is 58.1. The van der Waals surface area contributed by atoms with Gasteiger partial charge in [0.2, 0.25) is 70.9 Å². The van der Waals surface area contributed by atoms with Crippen molar-refractivity contribution in [2.75, 3.05) is 13.2 Å². The van der Waals surface area contributed by atoms with Crippen LogP contribution in [0.25, 0.3) is 0 Å². The van der Waals surface area contributed by atoms with Crippen molar-refractivity contribution in [1.29, 1.82) is 0 Å². The molecule has 0 fully saturated rings. The molecule has 12 amide bonds. The molecular formula is C46H73N13O17. The molecule has 1 rings (SSSR count). The number of phenols is 1. The van der Waals surface area contributed by atoms with Gasteiger partial charge in [-0.05, 0) is 69.1 Å². The monoisotopic (exact) mass is 1080 g/mol. The summed E-state index contributed by atoms with van der Waals surface area (Å²) in [6.45, 7) is 7.03. The molecule has 424 valence electrons. The van der Waals surface area contributed by atoms with Crippen LogP contribution in [0.5, 0.6) is 5.75 Å². The van der Waals surface area contributed by atoms with E-state index in [2.05, 4.69) is 47.9 Å². The Labute approximate surface area is 437 Å². The lowest BCUT2D eigenvalue weighted by Crippen LogP contribution is -2.62. The van der Waals surface area contributed by atoms with E-state index in [0.29, 0.717) is 5.56 Å². The van der Waals surface area contributed by atoms with Crippen molar-refractivity contribution in [1.82, 2.24) is 47.9 Å². The first-order valence-electron chi connectivity index (χ1n) is 23.9. The van der Waals surface area contributed by atoms with Gasteiger partial charge in [0.15, 0.2) is 0 Å². The van der Waals surface area contributed by atoms with E-state index in [1.165, 1.54) is 19.1 Å². The van der Waals surface area contributed by atoms with Crippen molar-refractivity contribution in [3.8, 4) is 5.75 Å². The molecule has 0 saturated heterocycles. The molecule has 0 bridgehead atoms. The van der Waals surface area contributed by atoms with Gasteiger partial charge in [-0.1, -0.05) is 39.8 Å². The van der Waals surface area contributed by atoms with E-state index in [-0.39, 0.29) is 36.8 Å². The number of amides is 12. The molecule has 10 atom stereocenters. The van der Waals surface area contributed by atoms with Gasteiger partial charge in [-0.3, -0.25) is 62.3 Å². The lowest BCUT2D eigenvalue weighted by molar-refractivity contribution is -0.142. The number of carbonyl (C=O) groups excluding carboxylic acids is 12. The first-order valence-corrected chi connectivity index (χ1v) is 23.9. The number of nitrogens with two attached hydrogens (primary N) is 4. The van der Waals surface area contributed by atoms with Gasteiger partial charge in [0.1, 0.15) is 54.1 Å². The first-order chi connectivity index (χ1) is 35.3. The maximum atomic E-state index is 13.9. The number of carboxylic acids is 1. The Morgan fingerprint density at radius 2 is 0.961 bits per heavy atom. The summed E-state index contributed by atoms with van der Waals surface area (Å²) >= 11 is 0. The number of aliphatic hydroxyl groups is 2. The molecule has 0 aliphatic heterocycles. The fourth-order valence-electron chi connectivity index (χ4n) is 6.88. The second kappa shape index (κ2) is 32.3. The number of carboxylic acid groups (broad SMARTS) is 1. The highest BCUT2D eigenvalue weighted by molar-refractivity contribution is 6.00. The van der Waals surface area contributed by atoms with Gasteiger partial charge in [0, 0.05) is 6.42 Å². The standard InChI is InChI=1S/C46H73N13O17/c1-20(2)13-28(58-45(74)37(23(6)61)59-43(72)29(14-21(3)4)55-38(67)26(47)15-24-7-9-25(62)10-8-24)41(70)57-31(17-35(50)65)42(71)56-30(16-34(49)64)39(68)51-18-36(66)53-32(19-60)44(73)54-27(11-12-33(48)63)40(69)52-22(5)46(75)76/h7-10,20-23,26-32,37,60-62H,11-19,47H2,1-6H3,(H2,48,63)(H2,49,64)(H2,50,65)(H,51,68)(H,52,69)(H,53,66)(H,54,73)(H,55,67)(H,56,71)(H,57,70)(H,58,74)(H,59,72)(H,75,76)/t22-,23+,26-,27-,28-,29-,30-,31-,32-,37-/m0/s1. The second-order valence-corrected chi connectivity index (χ2v) is 18.7. The molecule has 0 aliphatic rings. The van der Waals surface area contributed by atoms with Gasteiger partial charge in [0.05, 0.1) is 38.1 Å². The summed E-state index contributed by atoms with van der Waals surface area (Å²) in [5.74, 6) is -14.9. The minimum Gasteiger partial charge on any atom is -0.508 e. The Balaban J connectivity index is 3.22. The van der Waals surface area contributed by atoms with Gasteiger partial charge in [-0.25, -0.2) is 0 Å². The van der Waals surface area contributed by atoms with Crippen LogP contribution in [0.4, 0.5) is 0 Å². The number of primary amides is 3. The largest absolute Gasteiger partial charge is 0.508 e. The van der Waals surface area contributed by atoms with Crippen LogP contribution >= 0.6 is 0 Å². The van der Waals surface area contributed by atoms with E-state index in [1.54, 1.807) is 39.8 Å². The third-order valence-electron chi connectivity index (χ3n) is 10.8. The van der Waals surface area contributed by atoms with Gasteiger partial charge in [-0.15, -0.1) is 0 Å². The summed E-state index contributed by atoms with van der Waals surface area (Å²) in [4.78, 5) is 167. The van der Waals surface area contributed by atoms with E-state index < -0.39 is 176 Å². The van der Waals surface area contributed by atoms with Crippen LogP contribution in [0.2, 0.25) is 0 Å². The van der Waals surface area contributed by atoms with Crippen molar-refractivity contribution in [2.24, 2.45) is 34.8 Å². The van der Waals surface area contributed by atoms with E-state index in [4.69, 9.17) is 28.0 Å². The van der Waals surface area contributed by atoms with Crippen LogP contribution in [0.3, 0.4) is 0 Å². The highest BCUT2D eigenvalue weighted by Crippen LogP contribution is 2.13. The molecule has 0 radical (unpaired) electrons. The third kappa shape index (κ3) is 24.8. The maximum Gasteiger partial charge on any atom is 0.325 e. The van der Waals surface area contributed by atoms with Gasteiger partial charge in [0.25, 0.3) is 0 Å². The van der Waals surface area contributed by atoms with Crippen molar-refractivity contribution in [3.05, 3.63) is 29.8 Å². The Morgan fingerprint density at radius 3 is 1.42 bits per heavy atom. The van der Waals surface area contributed by atoms with Gasteiger partial charge in [-0.2, -0.15) is 0 Å². The van der Waals surface area contributed by atoms with Gasteiger partial charge >= 0.3 is 5.97 Å². The first kappa shape index (κ1) is 66.0. The quantitative estimate of drug-likeness (QED) is 0.0305. The minimum atomic E-state index is -1.90.